The fourth-order valence-corrected chi connectivity index (χ4v) is 3.94. The molecule has 0 saturated heterocycles. The quantitative estimate of drug-likeness (QED) is 0.454. The first-order valence-corrected chi connectivity index (χ1v) is 9.20. The van der Waals surface area contributed by atoms with E-state index in [1.54, 1.807) is 12.1 Å². The van der Waals surface area contributed by atoms with Gasteiger partial charge in [0.1, 0.15) is 0 Å². The van der Waals surface area contributed by atoms with E-state index in [4.69, 9.17) is 11.6 Å². The second-order valence-electron chi connectivity index (χ2n) is 6.94. The van der Waals surface area contributed by atoms with Gasteiger partial charge in [-0.1, -0.05) is 54.1 Å². The van der Waals surface area contributed by atoms with Crippen LogP contribution < -0.4 is 0 Å². The summed E-state index contributed by atoms with van der Waals surface area (Å²) in [5.41, 5.74) is 2.75. The lowest BCUT2D eigenvalue weighted by molar-refractivity contribution is -0.384. The fourth-order valence-electron chi connectivity index (χ4n) is 3.81. The lowest BCUT2D eigenvalue weighted by atomic mass is 9.84. The maximum atomic E-state index is 13.2. The molecule has 1 heterocycles. The average Bonchev–Trinajstić information content (AvgIpc) is 2.92. The molecule has 6 heteroatoms. The summed E-state index contributed by atoms with van der Waals surface area (Å²) in [4.78, 5) is 25.5. The van der Waals surface area contributed by atoms with Crippen LogP contribution in [0.4, 0.5) is 5.69 Å². The molecule has 1 aliphatic rings. The van der Waals surface area contributed by atoms with Gasteiger partial charge in [-0.25, -0.2) is 0 Å². The number of benzene rings is 3. The van der Waals surface area contributed by atoms with Crippen molar-refractivity contribution in [3.63, 3.8) is 0 Å². The molecular formula is C22H17ClN2O3. The molecule has 28 heavy (non-hydrogen) atoms. The lowest BCUT2D eigenvalue weighted by Gasteiger charge is -2.37. The van der Waals surface area contributed by atoms with Crippen molar-refractivity contribution in [3.8, 4) is 0 Å². The summed E-state index contributed by atoms with van der Waals surface area (Å²) in [6.45, 7) is 2.36. The van der Waals surface area contributed by atoms with Gasteiger partial charge in [0.25, 0.3) is 11.6 Å². The molecule has 0 spiro atoms. The Morgan fingerprint density at radius 2 is 1.64 bits per heavy atom. The zero-order valence-electron chi connectivity index (χ0n) is 15.1. The number of nitrogens with zero attached hydrogens (tertiary/aromatic N) is 2. The van der Waals surface area contributed by atoms with Crippen LogP contribution in [0.3, 0.4) is 0 Å². The minimum absolute atomic E-state index is 0.0280. The Morgan fingerprint density at radius 3 is 2.29 bits per heavy atom. The van der Waals surface area contributed by atoms with Crippen molar-refractivity contribution in [3.05, 3.63) is 110 Å². The third-order valence-corrected chi connectivity index (χ3v) is 5.61. The van der Waals surface area contributed by atoms with E-state index in [1.807, 2.05) is 60.4 Å². The molecular weight excluding hydrogens is 376 g/mol. The Hall–Kier alpha value is -3.18. The van der Waals surface area contributed by atoms with Gasteiger partial charge in [0, 0.05) is 29.3 Å². The zero-order chi connectivity index (χ0) is 19.9. The number of fused-ring (bicyclic) bond motifs is 1. The molecule has 0 fully saturated rings. The number of nitro benzene ring substituents is 1. The molecule has 1 aliphatic heterocycles. The van der Waals surface area contributed by atoms with Crippen LogP contribution in [-0.4, -0.2) is 15.7 Å². The van der Waals surface area contributed by atoms with Gasteiger partial charge in [0.05, 0.1) is 10.5 Å². The molecule has 0 saturated carbocycles. The van der Waals surface area contributed by atoms with Crippen molar-refractivity contribution in [1.29, 1.82) is 0 Å². The van der Waals surface area contributed by atoms with E-state index in [0.29, 0.717) is 17.1 Å². The van der Waals surface area contributed by atoms with E-state index < -0.39 is 10.5 Å². The van der Waals surface area contributed by atoms with Crippen LogP contribution in [0.2, 0.25) is 5.02 Å². The van der Waals surface area contributed by atoms with Gasteiger partial charge in [-0.2, -0.15) is 0 Å². The van der Waals surface area contributed by atoms with Gasteiger partial charge in [0.15, 0.2) is 0 Å². The minimum Gasteiger partial charge on any atom is -0.321 e. The standard InChI is InChI=1S/C22H17ClN2O3/c1-22(16-8-10-17(23)11-9-16)20-5-3-2-4-19(20)21(26)24(22)14-15-6-12-18(13-7-15)25(27)28/h2-13H,14H2,1H3. The monoisotopic (exact) mass is 392 g/mol. The van der Waals surface area contributed by atoms with Crippen molar-refractivity contribution in [2.24, 2.45) is 0 Å². The Labute approximate surface area is 167 Å². The number of amides is 1. The van der Waals surface area contributed by atoms with Gasteiger partial charge >= 0.3 is 0 Å². The van der Waals surface area contributed by atoms with Crippen molar-refractivity contribution in [1.82, 2.24) is 4.90 Å². The Bertz CT molecular complexity index is 1060. The summed E-state index contributed by atoms with van der Waals surface area (Å²) in [6, 6.07) is 21.4. The molecule has 0 aliphatic carbocycles. The van der Waals surface area contributed by atoms with Crippen LogP contribution in [0, 0.1) is 10.1 Å². The predicted octanol–water partition coefficient (Wildman–Crippen LogP) is 5.17. The number of halogens is 1. The normalized spacial score (nSPS) is 18.2. The minimum atomic E-state index is -0.667. The van der Waals surface area contributed by atoms with E-state index in [2.05, 4.69) is 0 Å². The van der Waals surface area contributed by atoms with Gasteiger partial charge in [-0.15, -0.1) is 0 Å². The van der Waals surface area contributed by atoms with Gasteiger partial charge in [-0.05, 0) is 41.8 Å². The number of hydrogen-bond donors (Lipinski definition) is 0. The van der Waals surface area contributed by atoms with Crippen molar-refractivity contribution in [2.75, 3.05) is 0 Å². The maximum absolute atomic E-state index is 13.2. The summed E-state index contributed by atoms with van der Waals surface area (Å²) in [7, 11) is 0. The highest BCUT2D eigenvalue weighted by molar-refractivity contribution is 6.30. The van der Waals surface area contributed by atoms with Crippen molar-refractivity contribution in [2.45, 2.75) is 19.0 Å². The smallest absolute Gasteiger partial charge is 0.269 e. The van der Waals surface area contributed by atoms with Gasteiger partial charge < -0.3 is 4.90 Å². The van der Waals surface area contributed by atoms with Crippen LogP contribution in [-0.2, 0) is 12.1 Å². The molecule has 140 valence electrons. The summed E-state index contributed by atoms with van der Waals surface area (Å²) in [6.07, 6.45) is 0. The third-order valence-electron chi connectivity index (χ3n) is 5.36. The molecule has 0 bridgehead atoms. The highest BCUT2D eigenvalue weighted by Crippen LogP contribution is 2.44. The zero-order valence-corrected chi connectivity index (χ0v) is 15.9. The first-order chi connectivity index (χ1) is 13.4. The number of carbonyl (C=O) groups is 1. The summed E-state index contributed by atoms with van der Waals surface area (Å²) < 4.78 is 0. The molecule has 3 aromatic rings. The molecule has 4 rings (SSSR count). The highest BCUT2D eigenvalue weighted by atomic mass is 35.5. The summed E-state index contributed by atoms with van der Waals surface area (Å²) >= 11 is 6.06. The predicted molar refractivity (Wildman–Crippen MR) is 107 cm³/mol. The summed E-state index contributed by atoms with van der Waals surface area (Å²) in [5, 5.41) is 11.5. The topological polar surface area (TPSA) is 63.5 Å². The molecule has 1 amide bonds. The Morgan fingerprint density at radius 1 is 1.00 bits per heavy atom. The van der Waals surface area contributed by atoms with Gasteiger partial charge in [-0.3, -0.25) is 14.9 Å². The molecule has 3 aromatic carbocycles. The number of hydrogen-bond acceptors (Lipinski definition) is 3. The van der Waals surface area contributed by atoms with Crippen LogP contribution in [0.15, 0.2) is 72.8 Å². The molecule has 5 nitrogen and oxygen atoms in total. The van der Waals surface area contributed by atoms with E-state index in [1.165, 1.54) is 12.1 Å². The number of carbonyl (C=O) groups excluding carboxylic acids is 1. The first-order valence-electron chi connectivity index (χ1n) is 8.82. The second-order valence-corrected chi connectivity index (χ2v) is 7.38. The highest BCUT2D eigenvalue weighted by Gasteiger charge is 2.47. The Balaban J connectivity index is 1.79. The first kappa shape index (κ1) is 18.2. The van der Waals surface area contributed by atoms with E-state index in [0.717, 1.165) is 16.7 Å². The molecule has 0 aromatic heterocycles. The molecule has 1 unspecified atom stereocenters. The lowest BCUT2D eigenvalue weighted by Crippen LogP contribution is -2.41. The number of rotatable bonds is 4. The van der Waals surface area contributed by atoms with Crippen LogP contribution in [0.25, 0.3) is 0 Å². The fraction of sp³-hybridized carbons (Fsp3) is 0.136. The number of non-ortho nitro benzene ring substituents is 1. The Kier molecular flexibility index (Phi) is 4.40. The van der Waals surface area contributed by atoms with Crippen molar-refractivity contribution < 1.29 is 9.72 Å². The SMILES string of the molecule is CC1(c2ccc(Cl)cc2)c2ccccc2C(=O)N1Cc1ccc([N+](=O)[O-])cc1. The molecule has 1 atom stereocenters. The van der Waals surface area contributed by atoms with E-state index >= 15 is 0 Å². The van der Waals surface area contributed by atoms with Gasteiger partial charge in [0.2, 0.25) is 0 Å². The van der Waals surface area contributed by atoms with E-state index in [-0.39, 0.29) is 11.6 Å². The van der Waals surface area contributed by atoms with Crippen LogP contribution in [0.5, 0.6) is 0 Å². The largest absolute Gasteiger partial charge is 0.321 e. The molecule has 0 radical (unpaired) electrons. The second kappa shape index (κ2) is 6.77. The summed E-state index contributed by atoms with van der Waals surface area (Å²) in [5.74, 6) is -0.0635. The van der Waals surface area contributed by atoms with Crippen LogP contribution >= 0.6 is 11.6 Å². The van der Waals surface area contributed by atoms with E-state index in [9.17, 15) is 14.9 Å². The molecule has 0 N–H and O–H groups in total. The van der Waals surface area contributed by atoms with Crippen molar-refractivity contribution >= 4 is 23.2 Å². The number of nitro groups is 1. The average molecular weight is 393 g/mol. The maximum Gasteiger partial charge on any atom is 0.269 e. The third kappa shape index (κ3) is 2.84. The van der Waals surface area contributed by atoms with Crippen LogP contribution in [0.1, 0.15) is 34.0 Å².